The van der Waals surface area contributed by atoms with Crippen molar-refractivity contribution < 1.29 is 9.53 Å². The molecule has 68 valence electrons. The van der Waals surface area contributed by atoms with Crippen LogP contribution in [0.2, 0.25) is 0 Å². The number of carbonyl (C=O) groups excluding carboxylic acids is 1. The van der Waals surface area contributed by atoms with Crippen LogP contribution >= 0.6 is 0 Å². The smallest absolute Gasteiger partial charge is 0.330 e. The molecule has 0 aromatic heterocycles. The lowest BCUT2D eigenvalue weighted by atomic mass is 10.3. The molecular formula is C10H16O2. The van der Waals surface area contributed by atoms with E-state index >= 15 is 0 Å². The van der Waals surface area contributed by atoms with Gasteiger partial charge in [0.2, 0.25) is 0 Å². The third-order valence-electron chi connectivity index (χ3n) is 1.18. The summed E-state index contributed by atoms with van der Waals surface area (Å²) in [5.41, 5.74) is 1.98. The first-order chi connectivity index (χ1) is 5.52. The van der Waals surface area contributed by atoms with Crippen LogP contribution in [-0.4, -0.2) is 12.6 Å². The van der Waals surface area contributed by atoms with E-state index in [0.717, 1.165) is 17.6 Å². The predicted molar refractivity (Wildman–Crippen MR) is 49.8 cm³/mol. The van der Waals surface area contributed by atoms with Crippen LogP contribution in [0, 0.1) is 0 Å². The molecule has 0 spiro atoms. The van der Waals surface area contributed by atoms with Crippen LogP contribution in [-0.2, 0) is 9.53 Å². The van der Waals surface area contributed by atoms with E-state index in [0.29, 0.717) is 6.61 Å². The van der Waals surface area contributed by atoms with Crippen molar-refractivity contribution in [2.75, 3.05) is 6.61 Å². The quantitative estimate of drug-likeness (QED) is 0.366. The van der Waals surface area contributed by atoms with Gasteiger partial charge in [-0.15, -0.1) is 6.58 Å². The van der Waals surface area contributed by atoms with Crippen LogP contribution < -0.4 is 0 Å². The van der Waals surface area contributed by atoms with Gasteiger partial charge >= 0.3 is 5.97 Å². The van der Waals surface area contributed by atoms with Gasteiger partial charge in [-0.2, -0.15) is 0 Å². The minimum Gasteiger partial charge on any atom is -0.462 e. The zero-order valence-corrected chi connectivity index (χ0v) is 8.02. The van der Waals surface area contributed by atoms with Gasteiger partial charge in [0.05, 0.1) is 6.61 Å². The van der Waals surface area contributed by atoms with E-state index < -0.39 is 0 Å². The molecule has 0 aliphatic carbocycles. The van der Waals surface area contributed by atoms with Gasteiger partial charge in [-0.25, -0.2) is 4.79 Å². The second-order valence-electron chi connectivity index (χ2n) is 3.10. The van der Waals surface area contributed by atoms with E-state index in [2.05, 4.69) is 6.58 Å². The summed E-state index contributed by atoms with van der Waals surface area (Å²) in [6.07, 6.45) is 2.22. The van der Waals surface area contributed by atoms with Gasteiger partial charge in [0.15, 0.2) is 0 Å². The predicted octanol–water partition coefficient (Wildman–Crippen LogP) is 2.46. The van der Waals surface area contributed by atoms with E-state index in [-0.39, 0.29) is 5.97 Å². The summed E-state index contributed by atoms with van der Waals surface area (Å²) >= 11 is 0. The maximum absolute atomic E-state index is 10.9. The van der Waals surface area contributed by atoms with Crippen LogP contribution in [0.3, 0.4) is 0 Å². The number of hydrogen-bond acceptors (Lipinski definition) is 2. The Morgan fingerprint density at radius 3 is 2.42 bits per heavy atom. The molecule has 2 nitrogen and oxygen atoms in total. The van der Waals surface area contributed by atoms with Crippen molar-refractivity contribution in [1.29, 1.82) is 0 Å². The maximum atomic E-state index is 10.9. The van der Waals surface area contributed by atoms with Gasteiger partial charge in [0, 0.05) is 12.5 Å². The van der Waals surface area contributed by atoms with Gasteiger partial charge in [-0.05, 0) is 20.8 Å². The van der Waals surface area contributed by atoms with E-state index in [4.69, 9.17) is 4.74 Å². The molecule has 0 saturated carbocycles. The topological polar surface area (TPSA) is 26.3 Å². The zero-order valence-electron chi connectivity index (χ0n) is 8.02. The van der Waals surface area contributed by atoms with E-state index in [9.17, 15) is 4.79 Å². The van der Waals surface area contributed by atoms with E-state index in [1.54, 1.807) is 0 Å². The number of carbonyl (C=O) groups is 1. The first-order valence-electron chi connectivity index (χ1n) is 3.98. The SMILES string of the molecule is C=C(C)CCOC(=O)C=C(C)C. The van der Waals surface area contributed by atoms with Crippen LogP contribution in [0.1, 0.15) is 27.2 Å². The highest BCUT2D eigenvalue weighted by Gasteiger charge is 1.96. The van der Waals surface area contributed by atoms with E-state index in [1.807, 2.05) is 20.8 Å². The molecule has 0 N–H and O–H groups in total. The molecule has 0 aromatic carbocycles. The summed E-state index contributed by atoms with van der Waals surface area (Å²) in [5, 5.41) is 0. The summed E-state index contributed by atoms with van der Waals surface area (Å²) in [6.45, 7) is 9.77. The number of esters is 1. The highest BCUT2D eigenvalue weighted by molar-refractivity contribution is 5.82. The lowest BCUT2D eigenvalue weighted by Gasteiger charge is -2.00. The molecule has 0 radical (unpaired) electrons. The molecule has 12 heavy (non-hydrogen) atoms. The van der Waals surface area contributed by atoms with Crippen molar-refractivity contribution in [2.24, 2.45) is 0 Å². The molecule has 0 amide bonds. The van der Waals surface area contributed by atoms with Gasteiger partial charge in [0.25, 0.3) is 0 Å². The number of allylic oxidation sites excluding steroid dienone is 1. The zero-order chi connectivity index (χ0) is 9.56. The second-order valence-corrected chi connectivity index (χ2v) is 3.10. The van der Waals surface area contributed by atoms with Crippen molar-refractivity contribution in [3.05, 3.63) is 23.8 Å². The largest absolute Gasteiger partial charge is 0.462 e. The second kappa shape index (κ2) is 5.58. The van der Waals surface area contributed by atoms with Crippen LogP contribution in [0.15, 0.2) is 23.8 Å². The molecule has 0 aromatic rings. The van der Waals surface area contributed by atoms with Crippen molar-refractivity contribution in [3.8, 4) is 0 Å². The Kier molecular flexibility index (Phi) is 5.09. The van der Waals surface area contributed by atoms with Crippen molar-refractivity contribution in [1.82, 2.24) is 0 Å². The average molecular weight is 168 g/mol. The van der Waals surface area contributed by atoms with Crippen LogP contribution in [0.4, 0.5) is 0 Å². The summed E-state index contributed by atoms with van der Waals surface area (Å²) in [6, 6.07) is 0. The fourth-order valence-electron chi connectivity index (χ4n) is 0.603. The molecule has 0 bridgehead atoms. The summed E-state index contributed by atoms with van der Waals surface area (Å²) < 4.78 is 4.89. The molecule has 0 atom stereocenters. The van der Waals surface area contributed by atoms with Crippen molar-refractivity contribution in [2.45, 2.75) is 27.2 Å². The van der Waals surface area contributed by atoms with Gasteiger partial charge in [-0.3, -0.25) is 0 Å². The molecular weight excluding hydrogens is 152 g/mol. The van der Waals surface area contributed by atoms with Crippen molar-refractivity contribution in [3.63, 3.8) is 0 Å². The molecule has 0 unspecified atom stereocenters. The maximum Gasteiger partial charge on any atom is 0.330 e. The van der Waals surface area contributed by atoms with Gasteiger partial charge in [-0.1, -0.05) is 11.1 Å². The van der Waals surface area contributed by atoms with Gasteiger partial charge in [0.1, 0.15) is 0 Å². The molecule has 0 heterocycles. The number of hydrogen-bond donors (Lipinski definition) is 0. The van der Waals surface area contributed by atoms with E-state index in [1.165, 1.54) is 6.08 Å². The Labute approximate surface area is 73.9 Å². The molecule has 0 aliphatic rings. The summed E-state index contributed by atoms with van der Waals surface area (Å²) in [4.78, 5) is 10.9. The highest BCUT2D eigenvalue weighted by atomic mass is 16.5. The monoisotopic (exact) mass is 168 g/mol. The summed E-state index contributed by atoms with van der Waals surface area (Å²) in [5.74, 6) is -0.267. The fourth-order valence-corrected chi connectivity index (χ4v) is 0.603. The first-order valence-corrected chi connectivity index (χ1v) is 3.98. The Morgan fingerprint density at radius 1 is 1.42 bits per heavy atom. The molecule has 0 fully saturated rings. The lowest BCUT2D eigenvalue weighted by molar-refractivity contribution is -0.137. The minimum absolute atomic E-state index is 0.267. The fraction of sp³-hybridized carbons (Fsp3) is 0.500. The third kappa shape index (κ3) is 7.06. The Morgan fingerprint density at radius 2 is 2.00 bits per heavy atom. The molecule has 0 aliphatic heterocycles. The number of ether oxygens (including phenoxy) is 1. The standard InChI is InChI=1S/C10H16O2/c1-8(2)5-6-12-10(11)7-9(3)4/h7H,1,5-6H2,2-4H3. The average Bonchev–Trinajstić information content (AvgIpc) is 1.84. The van der Waals surface area contributed by atoms with Gasteiger partial charge < -0.3 is 4.74 Å². The molecule has 2 heteroatoms. The number of rotatable bonds is 4. The Balaban J connectivity index is 3.59. The van der Waals surface area contributed by atoms with Crippen LogP contribution in [0.25, 0.3) is 0 Å². The van der Waals surface area contributed by atoms with Crippen LogP contribution in [0.5, 0.6) is 0 Å². The first kappa shape index (κ1) is 11.0. The molecule has 0 saturated heterocycles. The highest BCUT2D eigenvalue weighted by Crippen LogP contribution is 1.97. The molecule has 0 rings (SSSR count). The Hall–Kier alpha value is -1.05. The minimum atomic E-state index is -0.267. The van der Waals surface area contributed by atoms with Crippen molar-refractivity contribution >= 4 is 5.97 Å². The summed E-state index contributed by atoms with van der Waals surface area (Å²) in [7, 11) is 0. The third-order valence-corrected chi connectivity index (χ3v) is 1.18. The normalized spacial score (nSPS) is 8.92. The Bertz CT molecular complexity index is 198. The lowest BCUT2D eigenvalue weighted by Crippen LogP contribution is -2.02.